The summed E-state index contributed by atoms with van der Waals surface area (Å²) in [6, 6.07) is 5.08. The predicted molar refractivity (Wildman–Crippen MR) is 78.7 cm³/mol. The summed E-state index contributed by atoms with van der Waals surface area (Å²) >= 11 is 6.10. The minimum atomic E-state index is -0.426. The van der Waals surface area contributed by atoms with Crippen molar-refractivity contribution in [2.45, 2.75) is 39.7 Å². The lowest BCUT2D eigenvalue weighted by atomic mass is 9.94. The molecule has 19 heavy (non-hydrogen) atoms. The van der Waals surface area contributed by atoms with Gasteiger partial charge in [-0.25, -0.2) is 0 Å². The van der Waals surface area contributed by atoms with E-state index >= 15 is 0 Å². The van der Waals surface area contributed by atoms with Crippen LogP contribution < -0.4 is 5.32 Å². The molecule has 0 aliphatic carbocycles. The Balaban J connectivity index is 2.69. The van der Waals surface area contributed by atoms with Gasteiger partial charge in [-0.15, -0.1) is 0 Å². The van der Waals surface area contributed by atoms with Crippen LogP contribution in [0.4, 0.5) is 5.69 Å². The highest BCUT2D eigenvalue weighted by molar-refractivity contribution is 6.31. The molecule has 2 unspecified atom stereocenters. The van der Waals surface area contributed by atoms with Gasteiger partial charge < -0.3 is 5.32 Å². The van der Waals surface area contributed by atoms with Crippen LogP contribution in [0, 0.1) is 16.0 Å². The number of non-ortho nitro benzene ring substituents is 1. The van der Waals surface area contributed by atoms with E-state index in [-0.39, 0.29) is 5.69 Å². The minimum absolute atomic E-state index is 0.0403. The van der Waals surface area contributed by atoms with Crippen molar-refractivity contribution in [2.24, 2.45) is 5.92 Å². The Bertz CT molecular complexity index is 437. The highest BCUT2D eigenvalue weighted by Crippen LogP contribution is 2.25. The average molecular weight is 285 g/mol. The van der Waals surface area contributed by atoms with E-state index in [9.17, 15) is 10.1 Å². The maximum absolute atomic E-state index is 10.7. The van der Waals surface area contributed by atoms with Crippen LogP contribution >= 0.6 is 11.6 Å². The Kier molecular flexibility index (Phi) is 6.25. The molecule has 0 aromatic heterocycles. The van der Waals surface area contributed by atoms with Crippen molar-refractivity contribution in [1.82, 2.24) is 5.32 Å². The normalized spacial score (nSPS) is 14.1. The van der Waals surface area contributed by atoms with E-state index in [1.54, 1.807) is 6.07 Å². The van der Waals surface area contributed by atoms with Crippen molar-refractivity contribution in [3.63, 3.8) is 0 Å². The summed E-state index contributed by atoms with van der Waals surface area (Å²) in [6.45, 7) is 7.45. The van der Waals surface area contributed by atoms with Crippen molar-refractivity contribution >= 4 is 17.3 Å². The molecule has 0 fully saturated rings. The van der Waals surface area contributed by atoms with Gasteiger partial charge in [0, 0.05) is 18.2 Å². The lowest BCUT2D eigenvalue weighted by Gasteiger charge is -2.21. The van der Waals surface area contributed by atoms with E-state index < -0.39 is 4.92 Å². The number of halogens is 1. The highest BCUT2D eigenvalue weighted by atomic mass is 35.5. The van der Waals surface area contributed by atoms with Crippen LogP contribution in [0.1, 0.15) is 32.8 Å². The summed E-state index contributed by atoms with van der Waals surface area (Å²) in [5.74, 6) is 0.422. The minimum Gasteiger partial charge on any atom is -0.314 e. The molecule has 0 saturated carbocycles. The zero-order valence-electron chi connectivity index (χ0n) is 11.6. The number of hydrogen-bond donors (Lipinski definition) is 1. The van der Waals surface area contributed by atoms with Crippen LogP contribution in [-0.2, 0) is 6.42 Å². The van der Waals surface area contributed by atoms with Crippen molar-refractivity contribution in [1.29, 1.82) is 0 Å². The molecule has 0 heterocycles. The summed E-state index contributed by atoms with van der Waals surface area (Å²) in [7, 11) is 0. The third-order valence-corrected chi connectivity index (χ3v) is 3.71. The van der Waals surface area contributed by atoms with Gasteiger partial charge in [-0.3, -0.25) is 10.1 Å². The topological polar surface area (TPSA) is 55.2 Å². The Labute approximate surface area is 119 Å². The largest absolute Gasteiger partial charge is 0.314 e. The van der Waals surface area contributed by atoms with Gasteiger partial charge in [0.2, 0.25) is 0 Å². The second-order valence-electron chi connectivity index (χ2n) is 4.96. The predicted octanol–water partition coefficient (Wildman–Crippen LogP) is 3.81. The third kappa shape index (κ3) is 4.80. The van der Waals surface area contributed by atoms with Crippen molar-refractivity contribution < 1.29 is 4.92 Å². The van der Waals surface area contributed by atoms with Gasteiger partial charge in [-0.2, -0.15) is 0 Å². The molecule has 0 bridgehead atoms. The molecule has 0 saturated heterocycles. The number of nitro benzene ring substituents is 1. The Hall–Kier alpha value is -1.13. The molecule has 0 amide bonds. The summed E-state index contributed by atoms with van der Waals surface area (Å²) < 4.78 is 0. The smallest absolute Gasteiger partial charge is 0.270 e. The van der Waals surface area contributed by atoms with Gasteiger partial charge >= 0.3 is 0 Å². The number of nitrogens with zero attached hydrogens (tertiary/aromatic N) is 1. The number of benzene rings is 1. The molecule has 0 radical (unpaired) electrons. The molecule has 106 valence electrons. The zero-order chi connectivity index (χ0) is 14.4. The summed E-state index contributed by atoms with van der Waals surface area (Å²) in [5.41, 5.74) is 1.00. The van der Waals surface area contributed by atoms with E-state index in [0.717, 1.165) is 24.9 Å². The maximum Gasteiger partial charge on any atom is 0.270 e. The molecule has 1 aromatic carbocycles. The Morgan fingerprint density at radius 3 is 2.63 bits per heavy atom. The quantitative estimate of drug-likeness (QED) is 0.612. The fourth-order valence-corrected chi connectivity index (χ4v) is 2.16. The summed E-state index contributed by atoms with van der Waals surface area (Å²) in [6.07, 6.45) is 1.92. The van der Waals surface area contributed by atoms with E-state index in [1.165, 1.54) is 12.1 Å². The van der Waals surface area contributed by atoms with Gasteiger partial charge in [-0.05, 0) is 37.8 Å². The first-order valence-electron chi connectivity index (χ1n) is 6.61. The average Bonchev–Trinajstić information content (AvgIpc) is 2.37. The molecule has 1 N–H and O–H groups in total. The SMILES string of the molecule is CCCNC(C)C(C)Cc1ccc([N+](=O)[O-])cc1Cl. The van der Waals surface area contributed by atoms with Gasteiger partial charge in [0.05, 0.1) is 9.95 Å². The van der Waals surface area contributed by atoms with E-state index in [1.807, 2.05) is 0 Å². The van der Waals surface area contributed by atoms with Gasteiger partial charge in [0.1, 0.15) is 0 Å². The Morgan fingerprint density at radius 1 is 1.42 bits per heavy atom. The number of nitro groups is 1. The fraction of sp³-hybridized carbons (Fsp3) is 0.571. The van der Waals surface area contributed by atoms with Crippen LogP contribution in [0.2, 0.25) is 5.02 Å². The molecular formula is C14H21ClN2O2. The molecule has 0 spiro atoms. The number of hydrogen-bond acceptors (Lipinski definition) is 3. The summed E-state index contributed by atoms with van der Waals surface area (Å²) in [5, 5.41) is 14.6. The second kappa shape index (κ2) is 7.46. The first-order chi connectivity index (χ1) is 8.95. The fourth-order valence-electron chi connectivity index (χ4n) is 1.91. The molecule has 1 aromatic rings. The van der Waals surface area contributed by atoms with Crippen molar-refractivity contribution in [2.75, 3.05) is 6.54 Å². The van der Waals surface area contributed by atoms with E-state index in [0.29, 0.717) is 17.0 Å². The first kappa shape index (κ1) is 15.9. The Morgan fingerprint density at radius 2 is 2.11 bits per heavy atom. The molecular weight excluding hydrogens is 264 g/mol. The van der Waals surface area contributed by atoms with Crippen molar-refractivity contribution in [3.8, 4) is 0 Å². The van der Waals surface area contributed by atoms with E-state index in [2.05, 4.69) is 26.1 Å². The van der Waals surface area contributed by atoms with Gasteiger partial charge in [0.25, 0.3) is 5.69 Å². The molecule has 0 aliphatic rings. The molecule has 1 rings (SSSR count). The highest BCUT2D eigenvalue weighted by Gasteiger charge is 2.15. The van der Waals surface area contributed by atoms with Gasteiger partial charge in [-0.1, -0.05) is 31.5 Å². The van der Waals surface area contributed by atoms with Crippen molar-refractivity contribution in [3.05, 3.63) is 38.9 Å². The van der Waals surface area contributed by atoms with Crippen LogP contribution in [-0.4, -0.2) is 17.5 Å². The second-order valence-corrected chi connectivity index (χ2v) is 5.36. The first-order valence-corrected chi connectivity index (χ1v) is 6.99. The maximum atomic E-state index is 10.7. The van der Waals surface area contributed by atoms with E-state index in [4.69, 9.17) is 11.6 Å². The third-order valence-electron chi connectivity index (χ3n) is 3.36. The monoisotopic (exact) mass is 284 g/mol. The lowest BCUT2D eigenvalue weighted by molar-refractivity contribution is -0.384. The standard InChI is InChI=1S/C14H21ClN2O2/c1-4-7-16-11(3)10(2)8-12-5-6-13(17(18)19)9-14(12)15/h5-6,9-11,16H,4,7-8H2,1-3H3. The molecule has 2 atom stereocenters. The molecule has 4 nitrogen and oxygen atoms in total. The number of nitrogens with one attached hydrogen (secondary N) is 1. The lowest BCUT2D eigenvalue weighted by Crippen LogP contribution is -2.33. The molecule has 0 aliphatic heterocycles. The van der Waals surface area contributed by atoms with Gasteiger partial charge in [0.15, 0.2) is 0 Å². The van der Waals surface area contributed by atoms with Crippen LogP contribution in [0.5, 0.6) is 0 Å². The van der Waals surface area contributed by atoms with Crippen LogP contribution in [0.15, 0.2) is 18.2 Å². The zero-order valence-corrected chi connectivity index (χ0v) is 12.4. The van der Waals surface area contributed by atoms with Crippen LogP contribution in [0.25, 0.3) is 0 Å². The summed E-state index contributed by atoms with van der Waals surface area (Å²) in [4.78, 5) is 10.2. The number of rotatable bonds is 7. The molecule has 5 heteroatoms. The van der Waals surface area contributed by atoms with Crippen LogP contribution in [0.3, 0.4) is 0 Å².